The van der Waals surface area contributed by atoms with Crippen molar-refractivity contribution in [1.29, 1.82) is 0 Å². The predicted octanol–water partition coefficient (Wildman–Crippen LogP) is 3.58. The van der Waals surface area contributed by atoms with Crippen molar-refractivity contribution in [2.45, 2.75) is 26.1 Å². The second kappa shape index (κ2) is 9.03. The summed E-state index contributed by atoms with van der Waals surface area (Å²) < 4.78 is 43.5. The second-order valence-electron chi connectivity index (χ2n) is 5.97. The van der Waals surface area contributed by atoms with Crippen LogP contribution >= 0.6 is 0 Å². The molecule has 0 aliphatic rings. The molecule has 0 aromatic heterocycles. The van der Waals surface area contributed by atoms with E-state index in [0.717, 1.165) is 18.2 Å². The van der Waals surface area contributed by atoms with E-state index in [-0.39, 0.29) is 11.8 Å². The van der Waals surface area contributed by atoms with Crippen molar-refractivity contribution in [2.24, 2.45) is 5.10 Å². The number of nitrogens with zero attached hydrogens (tertiary/aromatic N) is 1. The van der Waals surface area contributed by atoms with Crippen LogP contribution in [-0.4, -0.2) is 24.1 Å². The lowest BCUT2D eigenvalue weighted by atomic mass is 10.2. The van der Waals surface area contributed by atoms with E-state index >= 15 is 0 Å². The number of alkyl halides is 3. The van der Waals surface area contributed by atoms with Crippen LogP contribution in [-0.2, 0) is 15.8 Å². The molecule has 2 rings (SSSR count). The summed E-state index contributed by atoms with van der Waals surface area (Å²) in [6.45, 7) is 3.80. The van der Waals surface area contributed by atoms with Gasteiger partial charge in [0.25, 0.3) is 0 Å². The van der Waals surface area contributed by atoms with E-state index in [2.05, 4.69) is 10.4 Å². The molecule has 9 heteroatoms. The third kappa shape index (κ3) is 6.42. The van der Waals surface area contributed by atoms with Crippen LogP contribution in [0.15, 0.2) is 53.6 Å². The number of rotatable bonds is 5. The van der Waals surface area contributed by atoms with Crippen molar-refractivity contribution < 1.29 is 27.5 Å². The highest BCUT2D eigenvalue weighted by Crippen LogP contribution is 2.30. The Morgan fingerprint density at radius 1 is 1.07 bits per heavy atom. The first-order valence-electron chi connectivity index (χ1n) is 8.23. The molecule has 0 spiro atoms. The first kappa shape index (κ1) is 20.9. The molecule has 0 radical (unpaired) electrons. The number of hydrogen-bond donors (Lipinski definition) is 2. The normalized spacial score (nSPS) is 11.5. The van der Waals surface area contributed by atoms with Gasteiger partial charge in [-0.05, 0) is 61.9 Å². The molecule has 0 saturated heterocycles. The van der Waals surface area contributed by atoms with Gasteiger partial charge in [-0.25, -0.2) is 5.43 Å². The van der Waals surface area contributed by atoms with Gasteiger partial charge in [0.05, 0.1) is 17.9 Å². The third-order valence-electron chi connectivity index (χ3n) is 3.29. The molecule has 0 saturated carbocycles. The molecular formula is C19H18F3N3O3. The molecule has 0 aliphatic heterocycles. The van der Waals surface area contributed by atoms with Crippen molar-refractivity contribution in [2.75, 3.05) is 5.32 Å². The Hall–Kier alpha value is -3.36. The molecule has 0 atom stereocenters. The molecule has 2 amide bonds. The summed E-state index contributed by atoms with van der Waals surface area (Å²) in [5.74, 6) is -1.58. The number of hydrogen-bond acceptors (Lipinski definition) is 4. The smallest absolute Gasteiger partial charge is 0.416 e. The van der Waals surface area contributed by atoms with Crippen LogP contribution < -0.4 is 15.5 Å². The molecule has 2 N–H and O–H groups in total. The minimum absolute atomic E-state index is 0.0362. The maximum absolute atomic E-state index is 12.7. The first-order chi connectivity index (χ1) is 13.1. The highest BCUT2D eigenvalue weighted by Gasteiger charge is 2.30. The van der Waals surface area contributed by atoms with E-state index in [9.17, 15) is 22.8 Å². The van der Waals surface area contributed by atoms with Crippen LogP contribution in [0.1, 0.15) is 25.0 Å². The summed E-state index contributed by atoms with van der Waals surface area (Å²) in [7, 11) is 0. The number of anilines is 1. The lowest BCUT2D eigenvalue weighted by Gasteiger charge is -2.09. The Morgan fingerprint density at radius 2 is 1.75 bits per heavy atom. The van der Waals surface area contributed by atoms with Crippen LogP contribution in [0, 0.1) is 0 Å². The van der Waals surface area contributed by atoms with Gasteiger partial charge in [0.2, 0.25) is 0 Å². The molecule has 2 aromatic carbocycles. The third-order valence-corrected chi connectivity index (χ3v) is 3.29. The average Bonchev–Trinajstić information content (AvgIpc) is 2.62. The van der Waals surface area contributed by atoms with Crippen LogP contribution in [0.3, 0.4) is 0 Å². The van der Waals surface area contributed by atoms with E-state index < -0.39 is 23.6 Å². The summed E-state index contributed by atoms with van der Waals surface area (Å²) in [6.07, 6.45) is -3.20. The van der Waals surface area contributed by atoms with Crippen molar-refractivity contribution in [3.63, 3.8) is 0 Å². The van der Waals surface area contributed by atoms with Crippen LogP contribution in [0.5, 0.6) is 5.75 Å². The number of halogens is 3. The van der Waals surface area contributed by atoms with Crippen molar-refractivity contribution in [3.8, 4) is 5.75 Å². The van der Waals surface area contributed by atoms with Crippen molar-refractivity contribution >= 4 is 23.7 Å². The predicted molar refractivity (Wildman–Crippen MR) is 98.0 cm³/mol. The Balaban J connectivity index is 1.90. The Bertz CT molecular complexity index is 863. The summed E-state index contributed by atoms with van der Waals surface area (Å²) in [6, 6.07) is 10.8. The van der Waals surface area contributed by atoms with Gasteiger partial charge in [-0.3, -0.25) is 9.59 Å². The standard InChI is InChI=1S/C19H18F3N3O3/c1-12(2)28-16-8-6-13(7-9-16)11-23-25-18(27)17(26)24-15-5-3-4-14(10-15)19(20,21)22/h3-12H,1-2H3,(H,24,26)(H,25,27)/b23-11-. The fourth-order valence-corrected chi connectivity index (χ4v) is 2.08. The van der Waals surface area contributed by atoms with Crippen molar-refractivity contribution in [1.82, 2.24) is 5.43 Å². The number of hydrazone groups is 1. The van der Waals surface area contributed by atoms with Gasteiger partial charge >= 0.3 is 18.0 Å². The zero-order chi connectivity index (χ0) is 20.7. The zero-order valence-corrected chi connectivity index (χ0v) is 15.1. The Morgan fingerprint density at radius 3 is 2.36 bits per heavy atom. The average molecular weight is 393 g/mol. The van der Waals surface area contributed by atoms with Gasteiger partial charge < -0.3 is 10.1 Å². The quantitative estimate of drug-likeness (QED) is 0.463. The van der Waals surface area contributed by atoms with Gasteiger partial charge in [0.1, 0.15) is 5.75 Å². The molecule has 0 aliphatic carbocycles. The molecule has 148 valence electrons. The Kier molecular flexibility index (Phi) is 6.75. The first-order valence-corrected chi connectivity index (χ1v) is 8.23. The van der Waals surface area contributed by atoms with E-state index in [0.29, 0.717) is 11.3 Å². The molecule has 28 heavy (non-hydrogen) atoms. The number of amides is 2. The molecule has 0 heterocycles. The number of ether oxygens (including phenoxy) is 1. The SMILES string of the molecule is CC(C)Oc1ccc(/C=N\NC(=O)C(=O)Nc2cccc(C(F)(F)F)c2)cc1. The second-order valence-corrected chi connectivity index (χ2v) is 5.97. The van der Waals surface area contributed by atoms with E-state index in [1.165, 1.54) is 12.3 Å². The summed E-state index contributed by atoms with van der Waals surface area (Å²) in [4.78, 5) is 23.5. The number of carbonyl (C=O) groups is 2. The maximum atomic E-state index is 12.7. The zero-order valence-electron chi connectivity index (χ0n) is 15.1. The van der Waals surface area contributed by atoms with E-state index in [4.69, 9.17) is 4.74 Å². The van der Waals surface area contributed by atoms with Crippen LogP contribution in [0.25, 0.3) is 0 Å². The fourth-order valence-electron chi connectivity index (χ4n) is 2.08. The highest BCUT2D eigenvalue weighted by atomic mass is 19.4. The monoisotopic (exact) mass is 393 g/mol. The van der Waals surface area contributed by atoms with Gasteiger partial charge in [0, 0.05) is 5.69 Å². The topological polar surface area (TPSA) is 79.8 Å². The van der Waals surface area contributed by atoms with Crippen molar-refractivity contribution in [3.05, 3.63) is 59.7 Å². The van der Waals surface area contributed by atoms with Gasteiger partial charge in [0.15, 0.2) is 0 Å². The number of benzene rings is 2. The van der Waals surface area contributed by atoms with Gasteiger partial charge in [-0.15, -0.1) is 0 Å². The fraction of sp³-hybridized carbons (Fsp3) is 0.211. The molecule has 0 unspecified atom stereocenters. The molecule has 0 fully saturated rings. The minimum Gasteiger partial charge on any atom is -0.491 e. The largest absolute Gasteiger partial charge is 0.491 e. The van der Waals surface area contributed by atoms with Gasteiger partial charge in [-0.2, -0.15) is 18.3 Å². The summed E-state index contributed by atoms with van der Waals surface area (Å²) in [5, 5.41) is 5.73. The van der Waals surface area contributed by atoms with Crippen LogP contribution in [0.4, 0.5) is 18.9 Å². The number of nitrogens with one attached hydrogen (secondary N) is 2. The van der Waals surface area contributed by atoms with Crippen LogP contribution in [0.2, 0.25) is 0 Å². The molecule has 6 nitrogen and oxygen atoms in total. The lowest BCUT2D eigenvalue weighted by molar-refractivity contribution is -0.137. The lowest BCUT2D eigenvalue weighted by Crippen LogP contribution is -2.32. The van der Waals surface area contributed by atoms with Gasteiger partial charge in [-0.1, -0.05) is 6.07 Å². The molecule has 2 aromatic rings. The summed E-state index contributed by atoms with van der Waals surface area (Å²) >= 11 is 0. The van der Waals surface area contributed by atoms with E-state index in [1.807, 2.05) is 19.3 Å². The van der Waals surface area contributed by atoms with E-state index in [1.54, 1.807) is 24.3 Å². The maximum Gasteiger partial charge on any atom is 0.416 e. The molecular weight excluding hydrogens is 375 g/mol. The Labute approximate surface area is 159 Å². The highest BCUT2D eigenvalue weighted by molar-refractivity contribution is 6.39. The minimum atomic E-state index is -4.55. The number of carbonyl (C=O) groups excluding carboxylic acids is 2. The molecule has 0 bridgehead atoms. The summed E-state index contributed by atoms with van der Waals surface area (Å²) in [5.41, 5.74) is 1.57.